The van der Waals surface area contributed by atoms with Crippen LogP contribution in [0.1, 0.15) is 40.5 Å². The molecule has 1 aromatic rings. The summed E-state index contributed by atoms with van der Waals surface area (Å²) in [5.41, 5.74) is -0.118. The largest absolute Gasteiger partial charge is 0.464 e. The predicted octanol–water partition coefficient (Wildman–Crippen LogP) is 4.00. The SMILES string of the molecule is CCOC(=O)C1(Nc2cccc(F)c2)CC(C)(C)CC1C. The lowest BCUT2D eigenvalue weighted by molar-refractivity contribution is -0.150. The maximum absolute atomic E-state index is 13.4. The first-order chi connectivity index (χ1) is 9.79. The van der Waals surface area contributed by atoms with Crippen molar-refractivity contribution >= 4 is 11.7 Å². The number of hydrogen-bond acceptors (Lipinski definition) is 3. The molecule has 4 heteroatoms. The standard InChI is InChI=1S/C17H24FNO2/c1-5-21-15(20)17(11-16(3,4)10-12(17)2)19-14-8-6-7-13(18)9-14/h6-9,12,19H,5,10-11H2,1-4H3. The second kappa shape index (κ2) is 5.66. The van der Waals surface area contributed by atoms with Gasteiger partial charge in [0.1, 0.15) is 11.4 Å². The van der Waals surface area contributed by atoms with Crippen LogP contribution in [0.15, 0.2) is 24.3 Å². The van der Waals surface area contributed by atoms with Crippen molar-refractivity contribution in [3.05, 3.63) is 30.1 Å². The van der Waals surface area contributed by atoms with Crippen LogP contribution >= 0.6 is 0 Å². The number of carbonyl (C=O) groups is 1. The number of ether oxygens (including phenoxy) is 1. The van der Waals surface area contributed by atoms with Crippen molar-refractivity contribution in [3.63, 3.8) is 0 Å². The highest BCUT2D eigenvalue weighted by Crippen LogP contribution is 2.49. The van der Waals surface area contributed by atoms with Crippen LogP contribution in [0, 0.1) is 17.2 Å². The average Bonchev–Trinajstić information content (AvgIpc) is 2.60. The number of rotatable bonds is 4. The fourth-order valence-corrected chi connectivity index (χ4v) is 3.58. The smallest absolute Gasteiger partial charge is 0.332 e. The minimum atomic E-state index is -0.784. The van der Waals surface area contributed by atoms with Gasteiger partial charge in [0.15, 0.2) is 0 Å². The zero-order valence-electron chi connectivity index (χ0n) is 13.2. The summed E-state index contributed by atoms with van der Waals surface area (Å²) >= 11 is 0. The van der Waals surface area contributed by atoms with Crippen molar-refractivity contribution in [1.29, 1.82) is 0 Å². The van der Waals surface area contributed by atoms with Crippen LogP contribution in [0.25, 0.3) is 0 Å². The minimum Gasteiger partial charge on any atom is -0.464 e. The summed E-state index contributed by atoms with van der Waals surface area (Å²) in [4.78, 5) is 12.6. The summed E-state index contributed by atoms with van der Waals surface area (Å²) < 4.78 is 18.7. The number of nitrogens with one attached hydrogen (secondary N) is 1. The lowest BCUT2D eigenvalue weighted by Gasteiger charge is -2.34. The van der Waals surface area contributed by atoms with E-state index in [9.17, 15) is 9.18 Å². The first kappa shape index (κ1) is 15.8. The van der Waals surface area contributed by atoms with E-state index in [-0.39, 0.29) is 23.1 Å². The Labute approximate surface area is 125 Å². The van der Waals surface area contributed by atoms with Crippen LogP contribution in [0.4, 0.5) is 10.1 Å². The van der Waals surface area contributed by atoms with Gasteiger partial charge in [-0.25, -0.2) is 9.18 Å². The van der Waals surface area contributed by atoms with Gasteiger partial charge in [-0.15, -0.1) is 0 Å². The molecule has 0 aliphatic heterocycles. The minimum absolute atomic E-state index is 0.0481. The summed E-state index contributed by atoms with van der Waals surface area (Å²) in [5.74, 6) is -0.439. The number of carbonyl (C=O) groups excluding carboxylic acids is 1. The monoisotopic (exact) mass is 293 g/mol. The van der Waals surface area contributed by atoms with Crippen LogP contribution in [0.2, 0.25) is 0 Å². The zero-order chi connectivity index (χ0) is 15.7. The molecule has 0 bridgehead atoms. The highest BCUT2D eigenvalue weighted by molar-refractivity contribution is 5.85. The summed E-state index contributed by atoms with van der Waals surface area (Å²) in [6.45, 7) is 8.50. The van der Waals surface area contributed by atoms with E-state index in [2.05, 4.69) is 26.1 Å². The van der Waals surface area contributed by atoms with Crippen LogP contribution in [-0.2, 0) is 9.53 Å². The molecule has 1 saturated carbocycles. The molecule has 2 unspecified atom stereocenters. The maximum Gasteiger partial charge on any atom is 0.332 e. The Balaban J connectivity index is 2.35. The molecular formula is C17H24FNO2. The van der Waals surface area contributed by atoms with Gasteiger partial charge in [-0.2, -0.15) is 0 Å². The summed E-state index contributed by atoms with van der Waals surface area (Å²) in [6.07, 6.45) is 1.60. The van der Waals surface area contributed by atoms with E-state index in [0.717, 1.165) is 6.42 Å². The molecule has 0 aromatic heterocycles. The fourth-order valence-electron chi connectivity index (χ4n) is 3.58. The van der Waals surface area contributed by atoms with Gasteiger partial charge in [0.25, 0.3) is 0 Å². The second-order valence-corrected chi connectivity index (χ2v) is 6.77. The number of esters is 1. The zero-order valence-corrected chi connectivity index (χ0v) is 13.2. The highest BCUT2D eigenvalue weighted by atomic mass is 19.1. The number of benzene rings is 1. The Hall–Kier alpha value is -1.58. The maximum atomic E-state index is 13.4. The lowest BCUT2D eigenvalue weighted by atomic mass is 9.86. The molecule has 0 amide bonds. The van der Waals surface area contributed by atoms with E-state index in [1.54, 1.807) is 19.1 Å². The van der Waals surface area contributed by atoms with Gasteiger partial charge in [-0.3, -0.25) is 0 Å². The Kier molecular flexibility index (Phi) is 4.26. The van der Waals surface area contributed by atoms with Gasteiger partial charge >= 0.3 is 5.97 Å². The van der Waals surface area contributed by atoms with Crippen LogP contribution in [0.3, 0.4) is 0 Å². The third kappa shape index (κ3) is 3.20. The topological polar surface area (TPSA) is 38.3 Å². The molecule has 21 heavy (non-hydrogen) atoms. The second-order valence-electron chi connectivity index (χ2n) is 6.77. The summed E-state index contributed by atoms with van der Waals surface area (Å²) in [5, 5.41) is 3.27. The van der Waals surface area contributed by atoms with Gasteiger partial charge in [0.05, 0.1) is 6.61 Å². The van der Waals surface area contributed by atoms with E-state index in [0.29, 0.717) is 18.7 Å². The molecule has 0 heterocycles. The first-order valence-corrected chi connectivity index (χ1v) is 7.50. The molecule has 2 rings (SSSR count). The van der Waals surface area contributed by atoms with E-state index >= 15 is 0 Å². The van der Waals surface area contributed by atoms with Crippen molar-refractivity contribution in [2.75, 3.05) is 11.9 Å². The predicted molar refractivity (Wildman–Crippen MR) is 81.6 cm³/mol. The lowest BCUT2D eigenvalue weighted by Crippen LogP contribution is -2.50. The first-order valence-electron chi connectivity index (χ1n) is 7.50. The van der Waals surface area contributed by atoms with E-state index < -0.39 is 5.54 Å². The fraction of sp³-hybridized carbons (Fsp3) is 0.588. The molecule has 0 radical (unpaired) electrons. The summed E-state index contributed by atoms with van der Waals surface area (Å²) in [6, 6.07) is 6.23. The average molecular weight is 293 g/mol. The van der Waals surface area contributed by atoms with Gasteiger partial charge in [-0.05, 0) is 49.3 Å². The number of halogens is 1. The Morgan fingerprint density at radius 3 is 2.71 bits per heavy atom. The van der Waals surface area contributed by atoms with Gasteiger partial charge in [-0.1, -0.05) is 26.8 Å². The molecule has 1 N–H and O–H groups in total. The third-order valence-corrected chi connectivity index (χ3v) is 4.29. The Morgan fingerprint density at radius 1 is 1.48 bits per heavy atom. The molecule has 0 spiro atoms. The molecular weight excluding hydrogens is 269 g/mol. The molecule has 1 aromatic carbocycles. The van der Waals surface area contributed by atoms with Crippen LogP contribution in [-0.4, -0.2) is 18.1 Å². The van der Waals surface area contributed by atoms with Crippen LogP contribution in [0.5, 0.6) is 0 Å². The normalized spacial score (nSPS) is 27.4. The third-order valence-electron chi connectivity index (χ3n) is 4.29. The molecule has 1 fully saturated rings. The van der Waals surface area contributed by atoms with E-state index in [1.165, 1.54) is 12.1 Å². The number of hydrogen-bond donors (Lipinski definition) is 1. The quantitative estimate of drug-likeness (QED) is 0.853. The van der Waals surface area contributed by atoms with Crippen molar-refractivity contribution in [1.82, 2.24) is 0 Å². The van der Waals surface area contributed by atoms with Gasteiger partial charge < -0.3 is 10.1 Å². The molecule has 0 saturated heterocycles. The Bertz CT molecular complexity index is 529. The van der Waals surface area contributed by atoms with Crippen molar-refractivity contribution in [2.45, 2.75) is 46.1 Å². The van der Waals surface area contributed by atoms with E-state index in [4.69, 9.17) is 4.74 Å². The molecule has 1 aliphatic carbocycles. The molecule has 1 aliphatic rings. The van der Waals surface area contributed by atoms with Gasteiger partial charge in [0, 0.05) is 5.69 Å². The molecule has 3 nitrogen and oxygen atoms in total. The molecule has 2 atom stereocenters. The highest BCUT2D eigenvalue weighted by Gasteiger charge is 2.54. The summed E-state index contributed by atoms with van der Waals surface area (Å²) in [7, 11) is 0. The van der Waals surface area contributed by atoms with Crippen molar-refractivity contribution < 1.29 is 13.9 Å². The van der Waals surface area contributed by atoms with E-state index in [1.807, 2.05) is 0 Å². The van der Waals surface area contributed by atoms with Crippen LogP contribution < -0.4 is 5.32 Å². The molecule has 116 valence electrons. The Morgan fingerprint density at radius 2 is 2.19 bits per heavy atom. The van der Waals surface area contributed by atoms with Crippen molar-refractivity contribution in [3.8, 4) is 0 Å². The number of anilines is 1. The van der Waals surface area contributed by atoms with Crippen molar-refractivity contribution in [2.24, 2.45) is 11.3 Å². The van der Waals surface area contributed by atoms with Gasteiger partial charge in [0.2, 0.25) is 0 Å².